The highest BCUT2D eigenvalue weighted by Gasteiger charge is 2.36. The smallest absolute Gasteiger partial charge is 0.264 e. The SMILES string of the molecule is Cc1ccc(N(CC(=O)N(Cc2ccc(F)cc2)[C@H](Cc2ccccc2)C(=O)NC(C)(C)C)S(=O)(=O)c2ccccc2)c(C)c1. The molecule has 0 spiro atoms. The second-order valence-electron chi connectivity index (χ2n) is 12.2. The van der Waals surface area contributed by atoms with Gasteiger partial charge in [0, 0.05) is 18.5 Å². The van der Waals surface area contributed by atoms with Crippen LogP contribution in [0.1, 0.15) is 43.0 Å². The van der Waals surface area contributed by atoms with Gasteiger partial charge in [0.15, 0.2) is 0 Å². The number of amides is 2. The number of hydrogen-bond acceptors (Lipinski definition) is 4. The van der Waals surface area contributed by atoms with Crippen molar-refractivity contribution >= 4 is 27.5 Å². The summed E-state index contributed by atoms with van der Waals surface area (Å²) in [5, 5.41) is 3.00. The van der Waals surface area contributed by atoms with Gasteiger partial charge < -0.3 is 10.2 Å². The van der Waals surface area contributed by atoms with E-state index in [-0.39, 0.29) is 23.8 Å². The van der Waals surface area contributed by atoms with Crippen molar-refractivity contribution in [3.05, 3.63) is 131 Å². The van der Waals surface area contributed by atoms with E-state index >= 15 is 0 Å². The van der Waals surface area contributed by atoms with Gasteiger partial charge in [-0.3, -0.25) is 13.9 Å². The van der Waals surface area contributed by atoms with E-state index in [1.165, 1.54) is 29.2 Å². The van der Waals surface area contributed by atoms with Crippen LogP contribution in [0.25, 0.3) is 0 Å². The molecule has 236 valence electrons. The zero-order valence-electron chi connectivity index (χ0n) is 26.3. The minimum atomic E-state index is -4.19. The van der Waals surface area contributed by atoms with E-state index in [4.69, 9.17) is 0 Å². The number of nitrogens with one attached hydrogen (secondary N) is 1. The Hall–Kier alpha value is -4.50. The van der Waals surface area contributed by atoms with Gasteiger partial charge in [-0.1, -0.05) is 78.4 Å². The molecule has 0 heterocycles. The van der Waals surface area contributed by atoms with Crippen molar-refractivity contribution in [1.82, 2.24) is 10.2 Å². The van der Waals surface area contributed by atoms with E-state index in [9.17, 15) is 22.4 Å². The van der Waals surface area contributed by atoms with E-state index in [2.05, 4.69) is 5.32 Å². The van der Waals surface area contributed by atoms with Crippen LogP contribution < -0.4 is 9.62 Å². The zero-order chi connectivity index (χ0) is 32.8. The molecule has 45 heavy (non-hydrogen) atoms. The molecule has 0 radical (unpaired) electrons. The number of hydrogen-bond donors (Lipinski definition) is 1. The molecule has 0 unspecified atom stereocenters. The quantitative estimate of drug-likeness (QED) is 0.214. The molecule has 1 atom stereocenters. The monoisotopic (exact) mass is 629 g/mol. The van der Waals surface area contributed by atoms with Crippen LogP contribution in [0.2, 0.25) is 0 Å². The summed E-state index contributed by atoms with van der Waals surface area (Å²) in [4.78, 5) is 29.9. The van der Waals surface area contributed by atoms with Gasteiger partial charge in [0.25, 0.3) is 10.0 Å². The van der Waals surface area contributed by atoms with Gasteiger partial charge in [0.05, 0.1) is 10.6 Å². The fourth-order valence-electron chi connectivity index (χ4n) is 5.11. The van der Waals surface area contributed by atoms with Crippen molar-refractivity contribution in [3.8, 4) is 0 Å². The maximum absolute atomic E-state index is 14.5. The Labute approximate surface area is 265 Å². The highest BCUT2D eigenvalue weighted by molar-refractivity contribution is 7.92. The first-order valence-electron chi connectivity index (χ1n) is 14.8. The Balaban J connectivity index is 1.83. The van der Waals surface area contributed by atoms with Crippen LogP contribution in [0.3, 0.4) is 0 Å². The van der Waals surface area contributed by atoms with Crippen molar-refractivity contribution in [2.45, 2.75) is 64.1 Å². The maximum Gasteiger partial charge on any atom is 0.264 e. The normalized spacial score (nSPS) is 12.3. The fourth-order valence-corrected chi connectivity index (χ4v) is 6.61. The standard InChI is InChI=1S/C36H40FN3O4S/c1-26-16-21-32(27(2)22-26)40(45(43,44)31-14-10-7-11-15-31)25-34(41)39(24-29-17-19-30(37)20-18-29)33(35(42)38-36(3,4)5)23-28-12-8-6-9-13-28/h6-22,33H,23-25H2,1-5H3,(H,38,42)/t33-/m1/s1. The lowest BCUT2D eigenvalue weighted by molar-refractivity contribution is -0.140. The maximum atomic E-state index is 14.5. The van der Waals surface area contributed by atoms with Crippen LogP contribution in [-0.2, 0) is 32.6 Å². The lowest BCUT2D eigenvalue weighted by atomic mass is 10.0. The molecule has 4 aromatic carbocycles. The first-order valence-corrected chi connectivity index (χ1v) is 16.2. The Kier molecular flexibility index (Phi) is 10.4. The van der Waals surface area contributed by atoms with Crippen LogP contribution in [-0.4, -0.2) is 43.3 Å². The van der Waals surface area contributed by atoms with Gasteiger partial charge in [-0.25, -0.2) is 12.8 Å². The van der Waals surface area contributed by atoms with E-state index in [0.717, 1.165) is 15.4 Å². The summed E-state index contributed by atoms with van der Waals surface area (Å²) < 4.78 is 43.2. The molecule has 0 aromatic heterocycles. The van der Waals surface area contributed by atoms with Crippen molar-refractivity contribution in [3.63, 3.8) is 0 Å². The minimum Gasteiger partial charge on any atom is -0.350 e. The summed E-state index contributed by atoms with van der Waals surface area (Å²) in [6.45, 7) is 8.66. The molecule has 0 fully saturated rings. The average molecular weight is 630 g/mol. The van der Waals surface area contributed by atoms with Crippen LogP contribution in [0.5, 0.6) is 0 Å². The zero-order valence-corrected chi connectivity index (χ0v) is 27.1. The molecule has 0 aliphatic carbocycles. The number of carbonyl (C=O) groups excluding carboxylic acids is 2. The van der Waals surface area contributed by atoms with Crippen LogP contribution >= 0.6 is 0 Å². The third-order valence-corrected chi connectivity index (χ3v) is 9.04. The second kappa shape index (κ2) is 14.1. The number of anilines is 1. The number of rotatable bonds is 11. The number of carbonyl (C=O) groups is 2. The molecule has 0 saturated heterocycles. The number of benzene rings is 4. The molecule has 4 aromatic rings. The number of halogens is 1. The number of sulfonamides is 1. The van der Waals surface area contributed by atoms with Crippen molar-refractivity contribution in [2.24, 2.45) is 0 Å². The van der Waals surface area contributed by atoms with Crippen LogP contribution in [0, 0.1) is 19.7 Å². The Morgan fingerprint density at radius 3 is 2.00 bits per heavy atom. The van der Waals surface area contributed by atoms with Crippen molar-refractivity contribution in [2.75, 3.05) is 10.8 Å². The van der Waals surface area contributed by atoms with Gasteiger partial charge >= 0.3 is 0 Å². The van der Waals surface area contributed by atoms with Crippen LogP contribution in [0.15, 0.2) is 108 Å². The molecule has 9 heteroatoms. The summed E-state index contributed by atoms with van der Waals surface area (Å²) >= 11 is 0. The topological polar surface area (TPSA) is 86.8 Å². The molecule has 4 rings (SSSR count). The number of nitrogens with zero attached hydrogens (tertiary/aromatic N) is 2. The first kappa shape index (κ1) is 33.4. The predicted molar refractivity (Wildman–Crippen MR) is 176 cm³/mol. The lowest BCUT2D eigenvalue weighted by Crippen LogP contribution is -2.56. The van der Waals surface area contributed by atoms with E-state index in [0.29, 0.717) is 16.8 Å². The molecule has 0 aliphatic heterocycles. The molecular formula is C36H40FN3O4S. The van der Waals surface area contributed by atoms with Gasteiger partial charge in [-0.2, -0.15) is 0 Å². The molecule has 1 N–H and O–H groups in total. The first-order chi connectivity index (χ1) is 21.2. The minimum absolute atomic E-state index is 0.0363. The van der Waals surface area contributed by atoms with Gasteiger partial charge in [-0.15, -0.1) is 0 Å². The Morgan fingerprint density at radius 2 is 1.42 bits per heavy atom. The lowest BCUT2D eigenvalue weighted by Gasteiger charge is -2.35. The number of aryl methyl sites for hydroxylation is 2. The third kappa shape index (κ3) is 8.79. The van der Waals surface area contributed by atoms with E-state index < -0.39 is 39.9 Å². The van der Waals surface area contributed by atoms with Crippen molar-refractivity contribution < 1.29 is 22.4 Å². The molecular weight excluding hydrogens is 589 g/mol. The summed E-state index contributed by atoms with van der Waals surface area (Å²) in [6.07, 6.45) is 0.185. The highest BCUT2D eigenvalue weighted by Crippen LogP contribution is 2.28. The summed E-state index contributed by atoms with van der Waals surface area (Å²) in [6, 6.07) is 27.3. The fraction of sp³-hybridized carbons (Fsp3) is 0.278. The Morgan fingerprint density at radius 1 is 0.822 bits per heavy atom. The summed E-state index contributed by atoms with van der Waals surface area (Å²) in [5.41, 5.74) is 2.80. The predicted octanol–water partition coefficient (Wildman–Crippen LogP) is 6.19. The second-order valence-corrected chi connectivity index (χ2v) is 14.1. The molecule has 0 saturated carbocycles. The largest absolute Gasteiger partial charge is 0.350 e. The van der Waals surface area contributed by atoms with E-state index in [1.54, 1.807) is 49.4 Å². The third-order valence-electron chi connectivity index (χ3n) is 7.27. The molecule has 7 nitrogen and oxygen atoms in total. The molecule has 0 bridgehead atoms. The van der Waals surface area contributed by atoms with Crippen molar-refractivity contribution in [1.29, 1.82) is 0 Å². The van der Waals surface area contributed by atoms with Gasteiger partial charge in [-0.05, 0) is 81.6 Å². The molecule has 2 amide bonds. The molecule has 0 aliphatic rings. The summed E-state index contributed by atoms with van der Waals surface area (Å²) in [7, 11) is -4.19. The van der Waals surface area contributed by atoms with Gasteiger partial charge in [0.1, 0.15) is 18.4 Å². The van der Waals surface area contributed by atoms with Crippen LogP contribution in [0.4, 0.5) is 10.1 Å². The average Bonchev–Trinajstić information content (AvgIpc) is 2.99. The van der Waals surface area contributed by atoms with Gasteiger partial charge in [0.2, 0.25) is 11.8 Å². The Bertz CT molecular complexity index is 1720. The highest BCUT2D eigenvalue weighted by atomic mass is 32.2. The summed E-state index contributed by atoms with van der Waals surface area (Å²) in [5.74, 6) is -1.40. The van der Waals surface area contributed by atoms with E-state index in [1.807, 2.05) is 64.1 Å².